The van der Waals surface area contributed by atoms with E-state index in [2.05, 4.69) is 4.72 Å². The first-order valence-corrected chi connectivity index (χ1v) is 9.31. The number of hydrogen-bond acceptors (Lipinski definition) is 5. The summed E-state index contributed by atoms with van der Waals surface area (Å²) in [5.41, 5.74) is 0.494. The van der Waals surface area contributed by atoms with Gasteiger partial charge < -0.3 is 14.4 Å². The number of carbonyl (C=O) groups is 1. The molecule has 2 aromatic carbocycles. The lowest BCUT2D eigenvalue weighted by Gasteiger charge is -2.15. The summed E-state index contributed by atoms with van der Waals surface area (Å²) < 4.78 is 38.1. The first-order valence-electron chi connectivity index (χ1n) is 7.45. The lowest BCUT2D eigenvalue weighted by Crippen LogP contribution is -2.22. The Bertz CT molecular complexity index is 929. The number of nitrogens with one attached hydrogen (secondary N) is 1. The van der Waals surface area contributed by atoms with Gasteiger partial charge in [0.25, 0.3) is 15.9 Å². The van der Waals surface area contributed by atoms with Crippen LogP contribution in [0.5, 0.6) is 11.5 Å². The SMILES string of the molecule is COc1ccc(OC)c(S(=O)(=O)Nc2ccc(C(=O)N(C)C)c(Cl)c2)c1. The maximum absolute atomic E-state index is 12.7. The molecule has 0 radical (unpaired) electrons. The van der Waals surface area contributed by atoms with Crippen LogP contribution in [0, 0.1) is 0 Å². The standard InChI is InChI=1S/C17H19ClN2O5S/c1-20(2)17(21)13-7-5-11(9-14(13)18)19-26(22,23)16-10-12(24-3)6-8-15(16)25-4/h5-10,19H,1-4H3. The Kier molecular flexibility index (Phi) is 5.99. The van der Waals surface area contributed by atoms with Crippen molar-refractivity contribution in [2.24, 2.45) is 0 Å². The Balaban J connectivity index is 2.39. The summed E-state index contributed by atoms with van der Waals surface area (Å²) in [7, 11) is 2.05. The zero-order valence-corrected chi connectivity index (χ0v) is 16.3. The van der Waals surface area contributed by atoms with Crippen molar-refractivity contribution in [3.8, 4) is 11.5 Å². The van der Waals surface area contributed by atoms with Gasteiger partial charge in [-0.3, -0.25) is 9.52 Å². The van der Waals surface area contributed by atoms with Gasteiger partial charge in [0, 0.05) is 20.2 Å². The highest BCUT2D eigenvalue weighted by molar-refractivity contribution is 7.92. The summed E-state index contributed by atoms with van der Waals surface area (Å²) in [6.45, 7) is 0. The number of ether oxygens (including phenoxy) is 2. The van der Waals surface area contributed by atoms with Crippen LogP contribution in [0.4, 0.5) is 5.69 Å². The summed E-state index contributed by atoms with van der Waals surface area (Å²) in [6, 6.07) is 8.75. The molecule has 7 nitrogen and oxygen atoms in total. The van der Waals surface area contributed by atoms with Gasteiger partial charge in [-0.1, -0.05) is 11.6 Å². The van der Waals surface area contributed by atoms with Gasteiger partial charge in [-0.2, -0.15) is 0 Å². The first kappa shape index (κ1) is 19.9. The fourth-order valence-corrected chi connectivity index (χ4v) is 3.69. The first-order chi connectivity index (χ1) is 12.2. The molecule has 2 rings (SSSR count). The zero-order chi connectivity index (χ0) is 19.5. The molecule has 0 spiro atoms. The van der Waals surface area contributed by atoms with Crippen molar-refractivity contribution in [3.63, 3.8) is 0 Å². The van der Waals surface area contributed by atoms with Crippen LogP contribution in [0.3, 0.4) is 0 Å². The van der Waals surface area contributed by atoms with Crippen LogP contribution in [0.25, 0.3) is 0 Å². The van der Waals surface area contributed by atoms with Gasteiger partial charge in [0.2, 0.25) is 0 Å². The van der Waals surface area contributed by atoms with Crippen LogP contribution in [0.1, 0.15) is 10.4 Å². The zero-order valence-electron chi connectivity index (χ0n) is 14.7. The van der Waals surface area contributed by atoms with E-state index in [4.69, 9.17) is 21.1 Å². The van der Waals surface area contributed by atoms with E-state index in [0.29, 0.717) is 5.75 Å². The molecular formula is C17H19ClN2O5S. The van der Waals surface area contributed by atoms with Crippen molar-refractivity contribution in [3.05, 3.63) is 47.0 Å². The van der Waals surface area contributed by atoms with Crippen LogP contribution < -0.4 is 14.2 Å². The quantitative estimate of drug-likeness (QED) is 0.808. The highest BCUT2D eigenvalue weighted by Gasteiger charge is 2.22. The lowest BCUT2D eigenvalue weighted by molar-refractivity contribution is 0.0828. The molecular weight excluding hydrogens is 380 g/mol. The average molecular weight is 399 g/mol. The van der Waals surface area contributed by atoms with E-state index in [-0.39, 0.29) is 32.8 Å². The second-order valence-corrected chi connectivity index (χ2v) is 7.57. The molecule has 0 bridgehead atoms. The van der Waals surface area contributed by atoms with E-state index in [1.54, 1.807) is 20.2 Å². The molecule has 0 unspecified atom stereocenters. The largest absolute Gasteiger partial charge is 0.497 e. The second-order valence-electron chi connectivity index (χ2n) is 5.52. The third-order valence-corrected chi connectivity index (χ3v) is 5.23. The van der Waals surface area contributed by atoms with Crippen LogP contribution in [-0.2, 0) is 10.0 Å². The molecule has 2 aromatic rings. The van der Waals surface area contributed by atoms with E-state index in [9.17, 15) is 13.2 Å². The minimum Gasteiger partial charge on any atom is -0.497 e. The minimum atomic E-state index is -3.96. The molecule has 0 aromatic heterocycles. The molecule has 0 fully saturated rings. The van der Waals surface area contributed by atoms with E-state index < -0.39 is 10.0 Å². The topological polar surface area (TPSA) is 84.9 Å². The summed E-state index contributed by atoms with van der Waals surface area (Å²) in [4.78, 5) is 13.3. The summed E-state index contributed by atoms with van der Waals surface area (Å²) in [6.07, 6.45) is 0. The van der Waals surface area contributed by atoms with E-state index in [0.717, 1.165) is 0 Å². The van der Waals surface area contributed by atoms with Crippen molar-refractivity contribution >= 4 is 33.2 Å². The molecule has 0 heterocycles. The van der Waals surface area contributed by atoms with Crippen molar-refractivity contribution in [2.45, 2.75) is 4.90 Å². The Hall–Kier alpha value is -2.45. The molecule has 1 N–H and O–H groups in total. The van der Waals surface area contributed by atoms with Gasteiger partial charge in [-0.25, -0.2) is 8.42 Å². The van der Waals surface area contributed by atoms with Crippen molar-refractivity contribution in [2.75, 3.05) is 33.0 Å². The van der Waals surface area contributed by atoms with Crippen molar-refractivity contribution in [1.82, 2.24) is 4.90 Å². The van der Waals surface area contributed by atoms with Gasteiger partial charge in [0.05, 0.1) is 30.5 Å². The Labute approximate surface area is 157 Å². The van der Waals surface area contributed by atoms with Gasteiger partial charge in [0.1, 0.15) is 16.4 Å². The molecule has 26 heavy (non-hydrogen) atoms. The van der Waals surface area contributed by atoms with E-state index in [1.807, 2.05) is 0 Å². The normalized spacial score (nSPS) is 11.0. The monoisotopic (exact) mass is 398 g/mol. The predicted octanol–water partition coefficient (Wildman–Crippen LogP) is 2.86. The Morgan fingerprint density at radius 2 is 1.77 bits per heavy atom. The molecule has 140 valence electrons. The van der Waals surface area contributed by atoms with E-state index >= 15 is 0 Å². The maximum atomic E-state index is 12.7. The summed E-state index contributed by atoms with van der Waals surface area (Å²) in [5.74, 6) is 0.263. The van der Waals surface area contributed by atoms with Crippen molar-refractivity contribution in [1.29, 1.82) is 0 Å². The highest BCUT2D eigenvalue weighted by atomic mass is 35.5. The number of halogens is 1. The Morgan fingerprint density at radius 1 is 1.08 bits per heavy atom. The van der Waals surface area contributed by atoms with E-state index in [1.165, 1.54) is 49.5 Å². The van der Waals surface area contributed by atoms with Gasteiger partial charge in [-0.05, 0) is 30.3 Å². The molecule has 0 aliphatic heterocycles. The molecule has 0 saturated heterocycles. The molecule has 0 saturated carbocycles. The summed E-state index contributed by atoms with van der Waals surface area (Å²) >= 11 is 6.12. The number of anilines is 1. The second kappa shape index (κ2) is 7.84. The fourth-order valence-electron chi connectivity index (χ4n) is 2.20. The summed E-state index contributed by atoms with van der Waals surface area (Å²) in [5, 5.41) is 0.140. The van der Waals surface area contributed by atoms with Gasteiger partial charge in [0.15, 0.2) is 0 Å². The number of rotatable bonds is 6. The third kappa shape index (κ3) is 4.20. The van der Waals surface area contributed by atoms with Crippen LogP contribution in [0.15, 0.2) is 41.3 Å². The smallest absolute Gasteiger partial charge is 0.265 e. The third-order valence-electron chi connectivity index (χ3n) is 3.52. The fraction of sp³-hybridized carbons (Fsp3) is 0.235. The molecule has 0 aliphatic rings. The number of benzene rings is 2. The van der Waals surface area contributed by atoms with Crippen LogP contribution in [0.2, 0.25) is 5.02 Å². The molecule has 9 heteroatoms. The number of hydrogen-bond donors (Lipinski definition) is 1. The molecule has 1 amide bonds. The number of methoxy groups -OCH3 is 2. The number of sulfonamides is 1. The molecule has 0 atom stereocenters. The average Bonchev–Trinajstić information content (AvgIpc) is 2.60. The molecule has 0 aliphatic carbocycles. The maximum Gasteiger partial charge on any atom is 0.265 e. The Morgan fingerprint density at radius 3 is 2.31 bits per heavy atom. The number of amides is 1. The van der Waals surface area contributed by atoms with Gasteiger partial charge in [-0.15, -0.1) is 0 Å². The van der Waals surface area contributed by atoms with Crippen LogP contribution >= 0.6 is 11.6 Å². The van der Waals surface area contributed by atoms with Crippen molar-refractivity contribution < 1.29 is 22.7 Å². The van der Waals surface area contributed by atoms with Crippen LogP contribution in [-0.4, -0.2) is 47.5 Å². The number of carbonyl (C=O) groups excluding carboxylic acids is 1. The van der Waals surface area contributed by atoms with Gasteiger partial charge >= 0.3 is 0 Å². The minimum absolute atomic E-state index is 0.0797. The highest BCUT2D eigenvalue weighted by Crippen LogP contribution is 2.30. The number of nitrogens with zero attached hydrogens (tertiary/aromatic N) is 1. The predicted molar refractivity (Wildman–Crippen MR) is 99.8 cm³/mol. The lowest BCUT2D eigenvalue weighted by atomic mass is 10.2.